The van der Waals surface area contributed by atoms with Crippen LogP contribution in [-0.4, -0.2) is 11.9 Å². The smallest absolute Gasteiger partial charge is 0.338 e. The molecule has 0 saturated heterocycles. The summed E-state index contributed by atoms with van der Waals surface area (Å²) in [7, 11) is 0. The maximum Gasteiger partial charge on any atom is 0.338 e. The molecule has 2 rings (SSSR count). The van der Waals surface area contributed by atoms with Crippen LogP contribution in [0.2, 0.25) is 0 Å². The van der Waals surface area contributed by atoms with Crippen LogP contribution in [0.4, 0.5) is 0 Å². The van der Waals surface area contributed by atoms with E-state index in [-0.39, 0.29) is 22.6 Å². The molecular weight excluding hydrogens is 328 g/mol. The molecule has 0 aromatic heterocycles. The molecule has 0 bridgehead atoms. The van der Waals surface area contributed by atoms with Crippen molar-refractivity contribution in [2.45, 2.75) is 13.8 Å². The molecule has 0 amide bonds. The van der Waals surface area contributed by atoms with Gasteiger partial charge >= 0.3 is 11.9 Å². The topological polar surface area (TPSA) is 52.6 Å². The molecule has 0 aliphatic heterocycles. The van der Waals surface area contributed by atoms with Crippen molar-refractivity contribution in [1.29, 1.82) is 0 Å². The molecule has 4 heteroatoms. The second-order valence-corrected chi connectivity index (χ2v) is 5.82. The van der Waals surface area contributed by atoms with E-state index in [0.29, 0.717) is 5.56 Å². The van der Waals surface area contributed by atoms with Crippen LogP contribution in [0.5, 0.6) is 11.5 Å². The lowest BCUT2D eigenvalue weighted by molar-refractivity contribution is -0.130. The number of carbonyl (C=O) groups excluding carboxylic acids is 2. The maximum atomic E-state index is 11.8. The van der Waals surface area contributed by atoms with E-state index in [4.69, 9.17) is 9.47 Å². The van der Waals surface area contributed by atoms with E-state index in [1.54, 1.807) is 26.0 Å². The van der Waals surface area contributed by atoms with Gasteiger partial charge in [0, 0.05) is 17.2 Å². The Balaban J connectivity index is 2.34. The number of hydrogen-bond acceptors (Lipinski definition) is 4. The summed E-state index contributed by atoms with van der Waals surface area (Å²) in [6, 6.07) is 14.6. The first kappa shape index (κ1) is 18.9. The van der Waals surface area contributed by atoms with Gasteiger partial charge in [-0.25, -0.2) is 9.59 Å². The van der Waals surface area contributed by atoms with Crippen LogP contribution in [0, 0.1) is 0 Å². The van der Waals surface area contributed by atoms with Crippen molar-refractivity contribution >= 4 is 24.1 Å². The van der Waals surface area contributed by atoms with Crippen molar-refractivity contribution < 1.29 is 19.1 Å². The van der Waals surface area contributed by atoms with E-state index in [9.17, 15) is 9.59 Å². The molecule has 132 valence electrons. The maximum absolute atomic E-state index is 11.8. The van der Waals surface area contributed by atoms with E-state index < -0.39 is 11.9 Å². The Kier molecular flexibility index (Phi) is 6.28. The molecule has 0 aliphatic carbocycles. The largest absolute Gasteiger partial charge is 0.423 e. The van der Waals surface area contributed by atoms with Crippen LogP contribution in [-0.2, 0) is 9.59 Å². The number of benzene rings is 2. The van der Waals surface area contributed by atoms with Crippen molar-refractivity contribution in [3.05, 3.63) is 84.0 Å². The predicted octanol–water partition coefficient (Wildman–Crippen LogP) is 4.82. The lowest BCUT2D eigenvalue weighted by Crippen LogP contribution is -2.10. The normalized spacial score (nSPS) is 10.4. The fraction of sp³-hybridized carbons (Fsp3) is 0.0909. The molecule has 26 heavy (non-hydrogen) atoms. The molecule has 0 spiro atoms. The van der Waals surface area contributed by atoms with E-state index in [1.807, 2.05) is 42.5 Å². The fourth-order valence-corrected chi connectivity index (χ4v) is 1.95. The van der Waals surface area contributed by atoms with Crippen molar-refractivity contribution in [3.8, 4) is 11.5 Å². The van der Waals surface area contributed by atoms with Crippen LogP contribution in [0.3, 0.4) is 0 Å². The highest BCUT2D eigenvalue weighted by Gasteiger charge is 2.11. The quantitative estimate of drug-likeness (QED) is 0.325. The van der Waals surface area contributed by atoms with Crippen LogP contribution in [0.1, 0.15) is 25.0 Å². The molecule has 0 unspecified atom stereocenters. The highest BCUT2D eigenvalue weighted by Crippen LogP contribution is 2.25. The van der Waals surface area contributed by atoms with E-state index in [2.05, 4.69) is 13.2 Å². The average molecular weight is 348 g/mol. The molecule has 2 aromatic carbocycles. The van der Waals surface area contributed by atoms with Gasteiger partial charge in [-0.2, -0.15) is 0 Å². The van der Waals surface area contributed by atoms with Gasteiger partial charge < -0.3 is 9.47 Å². The summed E-state index contributed by atoms with van der Waals surface area (Å²) in [4.78, 5) is 23.6. The van der Waals surface area contributed by atoms with Crippen molar-refractivity contribution in [2.24, 2.45) is 0 Å². The molecule has 0 fully saturated rings. The third-order valence-electron chi connectivity index (χ3n) is 3.29. The Morgan fingerprint density at radius 2 is 1.23 bits per heavy atom. The van der Waals surface area contributed by atoms with Gasteiger partial charge in [-0.3, -0.25) is 0 Å². The van der Waals surface area contributed by atoms with Crippen molar-refractivity contribution in [2.75, 3.05) is 0 Å². The first-order valence-electron chi connectivity index (χ1n) is 7.99. The predicted molar refractivity (Wildman–Crippen MR) is 103 cm³/mol. The Labute approximate surface area is 153 Å². The highest BCUT2D eigenvalue weighted by atomic mass is 16.5. The summed E-state index contributed by atoms with van der Waals surface area (Å²) in [6.07, 6.45) is 3.75. The third kappa shape index (κ3) is 5.60. The minimum Gasteiger partial charge on any atom is -0.423 e. The van der Waals surface area contributed by atoms with Crippen molar-refractivity contribution in [3.63, 3.8) is 0 Å². The second-order valence-electron chi connectivity index (χ2n) is 5.82. The zero-order valence-electron chi connectivity index (χ0n) is 14.8. The van der Waals surface area contributed by atoms with Gasteiger partial charge in [0.25, 0.3) is 0 Å². The van der Waals surface area contributed by atoms with E-state index >= 15 is 0 Å². The van der Waals surface area contributed by atoms with Gasteiger partial charge in [0.1, 0.15) is 11.5 Å². The zero-order valence-corrected chi connectivity index (χ0v) is 14.8. The summed E-state index contributed by atoms with van der Waals surface area (Å²) in [5.41, 5.74) is 2.27. The number of rotatable bonds is 6. The Morgan fingerprint density at radius 3 is 1.69 bits per heavy atom. The number of ether oxygens (including phenoxy) is 2. The third-order valence-corrected chi connectivity index (χ3v) is 3.29. The average Bonchev–Trinajstić information content (AvgIpc) is 2.60. The lowest BCUT2D eigenvalue weighted by atomic mass is 10.1. The van der Waals surface area contributed by atoms with Crippen LogP contribution in [0.15, 0.2) is 72.8 Å². The SMILES string of the molecule is C=C(C)C(=O)Oc1cc(/C=C/c2ccccc2)cc(OC(=O)C(=C)C)c1. The minimum atomic E-state index is -0.550. The summed E-state index contributed by atoms with van der Waals surface area (Å²) in [5.74, 6) is -0.576. The van der Waals surface area contributed by atoms with Gasteiger partial charge in [0.05, 0.1) is 0 Å². The van der Waals surface area contributed by atoms with E-state index in [0.717, 1.165) is 5.56 Å². The summed E-state index contributed by atoms with van der Waals surface area (Å²) in [6.45, 7) is 10.2. The van der Waals surface area contributed by atoms with Gasteiger partial charge in [-0.1, -0.05) is 55.6 Å². The molecule has 0 atom stereocenters. The monoisotopic (exact) mass is 348 g/mol. The highest BCUT2D eigenvalue weighted by molar-refractivity contribution is 5.90. The van der Waals surface area contributed by atoms with Crippen LogP contribution in [0.25, 0.3) is 12.2 Å². The van der Waals surface area contributed by atoms with E-state index in [1.165, 1.54) is 6.07 Å². The first-order chi connectivity index (χ1) is 12.3. The molecule has 0 radical (unpaired) electrons. The van der Waals surface area contributed by atoms with Gasteiger partial charge in [-0.05, 0) is 37.1 Å². The zero-order chi connectivity index (χ0) is 19.1. The lowest BCUT2D eigenvalue weighted by Gasteiger charge is -2.09. The van der Waals surface area contributed by atoms with Crippen LogP contribution >= 0.6 is 0 Å². The Hall–Kier alpha value is -3.40. The fourth-order valence-electron chi connectivity index (χ4n) is 1.95. The second kappa shape index (κ2) is 8.62. The van der Waals surface area contributed by atoms with Gasteiger partial charge in [0.15, 0.2) is 0 Å². The molecule has 0 heterocycles. The summed E-state index contributed by atoms with van der Waals surface area (Å²) >= 11 is 0. The van der Waals surface area contributed by atoms with Crippen LogP contribution < -0.4 is 9.47 Å². The van der Waals surface area contributed by atoms with Gasteiger partial charge in [0.2, 0.25) is 0 Å². The molecule has 4 nitrogen and oxygen atoms in total. The van der Waals surface area contributed by atoms with Gasteiger partial charge in [-0.15, -0.1) is 0 Å². The number of carbonyl (C=O) groups is 2. The minimum absolute atomic E-state index is 0.262. The molecule has 2 aromatic rings. The molecule has 0 saturated carbocycles. The standard InChI is InChI=1S/C22H20O4/c1-15(2)21(23)25-19-12-18(11-10-17-8-6-5-7-9-17)13-20(14-19)26-22(24)16(3)4/h5-14H,1,3H2,2,4H3/b11-10+. The van der Waals surface area contributed by atoms with Crippen molar-refractivity contribution in [1.82, 2.24) is 0 Å². The molecule has 0 aliphatic rings. The Bertz CT molecular complexity index is 830. The summed E-state index contributed by atoms with van der Waals surface area (Å²) < 4.78 is 10.5. The number of hydrogen-bond donors (Lipinski definition) is 0. The molecular formula is C22H20O4. The number of esters is 2. The summed E-state index contributed by atoms with van der Waals surface area (Å²) in [5, 5.41) is 0. The Morgan fingerprint density at radius 1 is 0.769 bits per heavy atom. The molecule has 0 N–H and O–H groups in total. The first-order valence-corrected chi connectivity index (χ1v) is 7.99.